The predicted octanol–water partition coefficient (Wildman–Crippen LogP) is 1.54. The van der Waals surface area contributed by atoms with Gasteiger partial charge in [-0.15, -0.1) is 0 Å². The van der Waals surface area contributed by atoms with Gasteiger partial charge in [0.15, 0.2) is 0 Å². The number of carbonyl (C=O) groups is 3. The number of hydrogen-bond donors (Lipinski definition) is 5. The van der Waals surface area contributed by atoms with Crippen LogP contribution in [0.4, 0.5) is 0 Å². The van der Waals surface area contributed by atoms with E-state index in [1.165, 1.54) is 18.6 Å². The summed E-state index contributed by atoms with van der Waals surface area (Å²) in [5, 5.41) is 37.8. The van der Waals surface area contributed by atoms with Gasteiger partial charge < -0.3 is 26.0 Å². The second kappa shape index (κ2) is 15.6. The molecule has 3 aromatic rings. The summed E-state index contributed by atoms with van der Waals surface area (Å²) < 4.78 is 0. The second-order valence-corrected chi connectivity index (χ2v) is 11.3. The van der Waals surface area contributed by atoms with Crippen molar-refractivity contribution in [1.29, 1.82) is 5.26 Å². The summed E-state index contributed by atoms with van der Waals surface area (Å²) >= 11 is 0. The number of carbonyl (C=O) groups excluding carboxylic acids is 3. The predicted molar refractivity (Wildman–Crippen MR) is 161 cm³/mol. The maximum atomic E-state index is 13.4. The van der Waals surface area contributed by atoms with Crippen LogP contribution < -0.4 is 16.0 Å². The molecule has 3 amide bonds. The van der Waals surface area contributed by atoms with E-state index in [0.29, 0.717) is 6.42 Å². The van der Waals surface area contributed by atoms with Crippen LogP contribution in [0.1, 0.15) is 54.4 Å². The molecule has 224 valence electrons. The Labute approximate surface area is 251 Å². The SMILES string of the molecule is CC(C)(C)NC(=O)C(C#N)Cc1cccc(CC[C@H](NC(=O)c2cnccn2)C(=O)N[C@@H](Cc2ccccc2)B(O)O)c1. The minimum absolute atomic E-state index is 0.0291. The van der Waals surface area contributed by atoms with Crippen LogP contribution in [-0.4, -0.2) is 62.4 Å². The molecule has 2 aromatic carbocycles. The van der Waals surface area contributed by atoms with Crippen LogP contribution in [0, 0.1) is 17.2 Å². The number of aromatic nitrogens is 2. The first kappa shape index (κ1) is 32.9. The van der Waals surface area contributed by atoms with E-state index in [4.69, 9.17) is 0 Å². The highest BCUT2D eigenvalue weighted by atomic mass is 16.4. The average Bonchev–Trinajstić information content (AvgIpc) is 2.97. The minimum atomic E-state index is -1.83. The molecule has 43 heavy (non-hydrogen) atoms. The first-order valence-electron chi connectivity index (χ1n) is 14.0. The molecule has 1 aromatic heterocycles. The summed E-state index contributed by atoms with van der Waals surface area (Å²) in [6.45, 7) is 5.54. The Bertz CT molecular complexity index is 1410. The highest BCUT2D eigenvalue weighted by molar-refractivity contribution is 6.43. The number of aryl methyl sites for hydroxylation is 1. The minimum Gasteiger partial charge on any atom is -0.426 e. The molecule has 0 aliphatic heterocycles. The zero-order valence-corrected chi connectivity index (χ0v) is 24.5. The quantitative estimate of drug-likeness (QED) is 0.188. The Kier molecular flexibility index (Phi) is 11.9. The van der Waals surface area contributed by atoms with Gasteiger partial charge in [0, 0.05) is 17.9 Å². The lowest BCUT2D eigenvalue weighted by molar-refractivity contribution is -0.125. The molecule has 0 saturated heterocycles. The Balaban J connectivity index is 1.75. The number of hydrogen-bond acceptors (Lipinski definition) is 8. The van der Waals surface area contributed by atoms with Crippen LogP contribution in [0.2, 0.25) is 0 Å². The smallest absolute Gasteiger partial charge is 0.426 e. The van der Waals surface area contributed by atoms with E-state index in [1.807, 2.05) is 75.4 Å². The topological polar surface area (TPSA) is 177 Å². The van der Waals surface area contributed by atoms with Crippen molar-refractivity contribution in [2.24, 2.45) is 5.92 Å². The molecule has 11 nitrogen and oxygen atoms in total. The van der Waals surface area contributed by atoms with Gasteiger partial charge in [-0.05, 0) is 63.1 Å². The van der Waals surface area contributed by atoms with Gasteiger partial charge in [0.05, 0.1) is 18.2 Å². The molecule has 0 spiro atoms. The lowest BCUT2D eigenvalue weighted by Gasteiger charge is -2.23. The lowest BCUT2D eigenvalue weighted by atomic mass is 9.75. The molecular formula is C31H37BN6O5. The fraction of sp³-hybridized carbons (Fsp3) is 0.355. The first-order valence-corrected chi connectivity index (χ1v) is 14.0. The van der Waals surface area contributed by atoms with Gasteiger partial charge in [-0.25, -0.2) is 4.98 Å². The molecule has 1 unspecified atom stereocenters. The fourth-order valence-corrected chi connectivity index (χ4v) is 4.41. The molecule has 3 atom stereocenters. The maximum Gasteiger partial charge on any atom is 0.475 e. The lowest BCUT2D eigenvalue weighted by Crippen LogP contribution is -2.54. The molecule has 0 aliphatic rings. The van der Waals surface area contributed by atoms with Gasteiger partial charge in [0.25, 0.3) is 5.91 Å². The van der Waals surface area contributed by atoms with Crippen LogP contribution in [0.25, 0.3) is 0 Å². The number of nitrogens with one attached hydrogen (secondary N) is 3. The van der Waals surface area contributed by atoms with Crippen LogP contribution in [0.5, 0.6) is 0 Å². The van der Waals surface area contributed by atoms with Gasteiger partial charge >= 0.3 is 7.12 Å². The Morgan fingerprint density at radius 1 is 0.930 bits per heavy atom. The van der Waals surface area contributed by atoms with E-state index in [1.54, 1.807) is 0 Å². The molecule has 0 radical (unpaired) electrons. The molecule has 0 fully saturated rings. The summed E-state index contributed by atoms with van der Waals surface area (Å²) in [5.41, 5.74) is 1.97. The van der Waals surface area contributed by atoms with Crippen molar-refractivity contribution in [3.05, 3.63) is 95.6 Å². The van der Waals surface area contributed by atoms with Crippen molar-refractivity contribution in [2.45, 2.75) is 64.0 Å². The van der Waals surface area contributed by atoms with Crippen molar-refractivity contribution in [3.8, 4) is 6.07 Å². The summed E-state index contributed by atoms with van der Waals surface area (Å²) in [7, 11) is -1.83. The van der Waals surface area contributed by atoms with E-state index < -0.39 is 42.4 Å². The van der Waals surface area contributed by atoms with Crippen molar-refractivity contribution < 1.29 is 24.4 Å². The molecule has 0 aliphatic carbocycles. The number of nitriles is 1. The highest BCUT2D eigenvalue weighted by Gasteiger charge is 2.30. The van der Waals surface area contributed by atoms with Crippen molar-refractivity contribution in [1.82, 2.24) is 25.9 Å². The number of benzene rings is 2. The highest BCUT2D eigenvalue weighted by Crippen LogP contribution is 2.15. The zero-order chi connectivity index (χ0) is 31.4. The maximum absolute atomic E-state index is 13.4. The van der Waals surface area contributed by atoms with Crippen LogP contribution in [0.3, 0.4) is 0 Å². The first-order chi connectivity index (χ1) is 20.4. The Morgan fingerprint density at radius 2 is 1.63 bits per heavy atom. The third-order valence-electron chi connectivity index (χ3n) is 6.53. The Morgan fingerprint density at radius 3 is 2.26 bits per heavy atom. The molecule has 3 rings (SSSR count). The largest absolute Gasteiger partial charge is 0.475 e. The summed E-state index contributed by atoms with van der Waals surface area (Å²) in [4.78, 5) is 46.8. The molecule has 12 heteroatoms. The van der Waals surface area contributed by atoms with Crippen LogP contribution in [0.15, 0.2) is 73.2 Å². The van der Waals surface area contributed by atoms with Gasteiger partial charge in [-0.2, -0.15) is 5.26 Å². The summed E-state index contributed by atoms with van der Waals surface area (Å²) in [5.74, 6) is -3.43. The van der Waals surface area contributed by atoms with E-state index in [-0.39, 0.29) is 30.9 Å². The van der Waals surface area contributed by atoms with Gasteiger partial charge in [0.1, 0.15) is 17.7 Å². The average molecular weight is 584 g/mol. The Hall–Kier alpha value is -4.60. The number of nitrogens with zero attached hydrogens (tertiary/aromatic N) is 3. The normalized spacial score (nSPS) is 13.1. The van der Waals surface area contributed by atoms with Crippen LogP contribution in [-0.2, 0) is 28.9 Å². The fourth-order valence-electron chi connectivity index (χ4n) is 4.41. The third kappa shape index (κ3) is 11.0. The molecule has 5 N–H and O–H groups in total. The van der Waals surface area contributed by atoms with Crippen LogP contribution >= 0.6 is 0 Å². The van der Waals surface area contributed by atoms with Gasteiger partial charge in [0.2, 0.25) is 11.8 Å². The van der Waals surface area contributed by atoms with Gasteiger partial charge in [-0.3, -0.25) is 19.4 Å². The summed E-state index contributed by atoms with van der Waals surface area (Å²) in [6.07, 6.45) is 4.99. The molecule has 0 bridgehead atoms. The monoisotopic (exact) mass is 584 g/mol. The van der Waals surface area contributed by atoms with Crippen molar-refractivity contribution >= 4 is 24.8 Å². The van der Waals surface area contributed by atoms with Crippen molar-refractivity contribution in [2.75, 3.05) is 0 Å². The molecule has 0 saturated carbocycles. The number of rotatable bonds is 13. The van der Waals surface area contributed by atoms with Gasteiger partial charge in [-0.1, -0.05) is 54.6 Å². The second-order valence-electron chi connectivity index (χ2n) is 11.3. The number of amides is 3. The molecule has 1 heterocycles. The van der Waals surface area contributed by atoms with E-state index in [9.17, 15) is 29.7 Å². The standard InChI is InChI=1S/C31H37BN6O5/c1-31(2,3)38-28(39)24(19-33)17-23-11-7-10-22(16-23)12-13-25(36-30(41)26-20-34-14-15-35-26)29(40)37-27(32(42)43)18-21-8-5-4-6-9-21/h4-11,14-16,20,24-25,27,42-43H,12-13,17-18H2,1-3H3,(H,36,41)(H,37,40)(H,38,39)/t24?,25-,27-/m0/s1. The van der Waals surface area contributed by atoms with E-state index in [0.717, 1.165) is 16.7 Å². The van der Waals surface area contributed by atoms with E-state index >= 15 is 0 Å². The molecular weight excluding hydrogens is 547 g/mol. The van der Waals surface area contributed by atoms with E-state index in [2.05, 4.69) is 32.0 Å². The third-order valence-corrected chi connectivity index (χ3v) is 6.53. The van der Waals surface area contributed by atoms with Crippen molar-refractivity contribution in [3.63, 3.8) is 0 Å². The summed E-state index contributed by atoms with van der Waals surface area (Å²) in [6, 6.07) is 17.5. The zero-order valence-electron chi connectivity index (χ0n) is 24.5.